The monoisotopic (exact) mass is 259 g/mol. The Balaban J connectivity index is 2.12. The molecule has 0 saturated carbocycles. The Labute approximate surface area is 107 Å². The summed E-state index contributed by atoms with van der Waals surface area (Å²) in [6.45, 7) is 0. The predicted octanol–water partition coefficient (Wildman–Crippen LogP) is 3.55. The van der Waals surface area contributed by atoms with Crippen molar-refractivity contribution in [3.05, 3.63) is 68.4 Å². The molecule has 0 atom stereocenters. The molecule has 0 fully saturated rings. The molecule has 1 heterocycles. The molecule has 0 aliphatic heterocycles. The molecule has 0 N–H and O–H groups in total. The molecule has 0 spiro atoms. The molecule has 18 heavy (non-hydrogen) atoms. The highest BCUT2D eigenvalue weighted by atomic mass is 32.1. The topological polar surface area (TPSA) is 60.2 Å². The van der Waals surface area contributed by atoms with Gasteiger partial charge in [-0.2, -0.15) is 0 Å². The number of non-ortho nitro benzene ring substituents is 1. The van der Waals surface area contributed by atoms with E-state index in [1.54, 1.807) is 6.08 Å². The van der Waals surface area contributed by atoms with Crippen molar-refractivity contribution < 1.29 is 9.72 Å². The third-order valence-corrected chi connectivity index (χ3v) is 3.14. The summed E-state index contributed by atoms with van der Waals surface area (Å²) in [5.41, 5.74) is 0.419. The molecule has 0 amide bonds. The highest BCUT2D eigenvalue weighted by molar-refractivity contribution is 7.10. The lowest BCUT2D eigenvalue weighted by Crippen LogP contribution is -1.94. The fourth-order valence-corrected chi connectivity index (χ4v) is 2.01. The SMILES string of the molecule is O=C(/C=C/c1cccs1)c1ccc([N+](=O)[O-])cc1. The van der Waals surface area contributed by atoms with E-state index >= 15 is 0 Å². The van der Waals surface area contributed by atoms with Gasteiger partial charge in [0.2, 0.25) is 0 Å². The lowest BCUT2D eigenvalue weighted by atomic mass is 10.1. The van der Waals surface area contributed by atoms with Gasteiger partial charge in [-0.15, -0.1) is 11.3 Å². The van der Waals surface area contributed by atoms with Crippen molar-refractivity contribution in [1.29, 1.82) is 0 Å². The molecule has 0 aliphatic carbocycles. The Bertz CT molecular complexity index is 585. The van der Waals surface area contributed by atoms with E-state index in [0.29, 0.717) is 5.56 Å². The fourth-order valence-electron chi connectivity index (χ4n) is 1.39. The van der Waals surface area contributed by atoms with E-state index in [4.69, 9.17) is 0 Å². The molecular formula is C13H9NO3S. The van der Waals surface area contributed by atoms with E-state index in [0.717, 1.165) is 4.88 Å². The summed E-state index contributed by atoms with van der Waals surface area (Å²) in [6, 6.07) is 9.38. The van der Waals surface area contributed by atoms with Gasteiger partial charge in [-0.3, -0.25) is 14.9 Å². The first-order chi connectivity index (χ1) is 8.66. The molecule has 0 aliphatic rings. The number of nitro groups is 1. The van der Waals surface area contributed by atoms with Crippen LogP contribution in [0.2, 0.25) is 0 Å². The Kier molecular flexibility index (Phi) is 3.64. The lowest BCUT2D eigenvalue weighted by molar-refractivity contribution is -0.384. The van der Waals surface area contributed by atoms with Gasteiger partial charge in [0.1, 0.15) is 0 Å². The van der Waals surface area contributed by atoms with Crippen molar-refractivity contribution in [3.63, 3.8) is 0 Å². The number of carbonyl (C=O) groups is 1. The van der Waals surface area contributed by atoms with Gasteiger partial charge in [-0.1, -0.05) is 6.07 Å². The van der Waals surface area contributed by atoms with Crippen LogP contribution in [0, 0.1) is 10.1 Å². The summed E-state index contributed by atoms with van der Waals surface area (Å²) < 4.78 is 0. The second-order valence-electron chi connectivity index (χ2n) is 3.52. The Morgan fingerprint density at radius 3 is 2.50 bits per heavy atom. The van der Waals surface area contributed by atoms with Gasteiger partial charge in [-0.25, -0.2) is 0 Å². The number of rotatable bonds is 4. The second kappa shape index (κ2) is 5.37. The van der Waals surface area contributed by atoms with Gasteiger partial charge >= 0.3 is 0 Å². The molecule has 0 saturated heterocycles. The molecule has 0 unspecified atom stereocenters. The van der Waals surface area contributed by atoms with Crippen molar-refractivity contribution in [1.82, 2.24) is 0 Å². The Morgan fingerprint density at radius 2 is 1.94 bits per heavy atom. The van der Waals surface area contributed by atoms with E-state index in [9.17, 15) is 14.9 Å². The number of hydrogen-bond donors (Lipinski definition) is 0. The van der Waals surface area contributed by atoms with Gasteiger partial charge in [0.05, 0.1) is 4.92 Å². The van der Waals surface area contributed by atoms with Gasteiger partial charge in [-0.05, 0) is 35.7 Å². The molecule has 90 valence electrons. The maximum atomic E-state index is 11.8. The van der Waals surface area contributed by atoms with E-state index < -0.39 is 4.92 Å². The summed E-state index contributed by atoms with van der Waals surface area (Å²) in [4.78, 5) is 22.7. The van der Waals surface area contributed by atoms with Crippen LogP contribution < -0.4 is 0 Å². The number of ketones is 1. The molecule has 1 aromatic carbocycles. The molecule has 2 rings (SSSR count). The molecule has 0 radical (unpaired) electrons. The summed E-state index contributed by atoms with van der Waals surface area (Å²) in [6.07, 6.45) is 3.20. The average Bonchev–Trinajstić information content (AvgIpc) is 2.89. The number of thiophene rings is 1. The van der Waals surface area contributed by atoms with Crippen molar-refractivity contribution in [2.45, 2.75) is 0 Å². The van der Waals surface area contributed by atoms with Crippen LogP contribution in [0.15, 0.2) is 47.9 Å². The summed E-state index contributed by atoms with van der Waals surface area (Å²) in [5.74, 6) is -0.168. The minimum Gasteiger partial charge on any atom is -0.289 e. The Hall–Kier alpha value is -2.27. The molecule has 2 aromatic rings. The van der Waals surface area contributed by atoms with Gasteiger partial charge < -0.3 is 0 Å². The second-order valence-corrected chi connectivity index (χ2v) is 4.50. The Morgan fingerprint density at radius 1 is 1.22 bits per heavy atom. The summed E-state index contributed by atoms with van der Waals surface area (Å²) in [5, 5.41) is 12.4. The zero-order chi connectivity index (χ0) is 13.0. The number of allylic oxidation sites excluding steroid dienone is 1. The fraction of sp³-hybridized carbons (Fsp3) is 0. The average molecular weight is 259 g/mol. The zero-order valence-electron chi connectivity index (χ0n) is 9.28. The quantitative estimate of drug-likeness (QED) is 0.365. The third-order valence-electron chi connectivity index (χ3n) is 2.30. The zero-order valence-corrected chi connectivity index (χ0v) is 10.1. The van der Waals surface area contributed by atoms with Gasteiger partial charge in [0.15, 0.2) is 5.78 Å². The summed E-state index contributed by atoms with van der Waals surface area (Å²) in [7, 11) is 0. The van der Waals surface area contributed by atoms with E-state index in [-0.39, 0.29) is 11.5 Å². The standard InChI is InChI=1S/C13H9NO3S/c15-13(8-7-12-2-1-9-18-12)10-3-5-11(6-4-10)14(16)17/h1-9H/b8-7+. The molecular weight excluding hydrogens is 250 g/mol. The largest absolute Gasteiger partial charge is 0.289 e. The first-order valence-corrected chi connectivity index (χ1v) is 6.05. The molecule has 5 heteroatoms. The van der Waals surface area contributed by atoms with Gasteiger partial charge in [0, 0.05) is 22.6 Å². The summed E-state index contributed by atoms with van der Waals surface area (Å²) >= 11 is 1.54. The molecule has 0 bridgehead atoms. The van der Waals surface area contributed by atoms with Crippen molar-refractivity contribution in [2.75, 3.05) is 0 Å². The van der Waals surface area contributed by atoms with Gasteiger partial charge in [0.25, 0.3) is 5.69 Å². The third kappa shape index (κ3) is 2.89. The van der Waals surface area contributed by atoms with E-state index in [1.807, 2.05) is 17.5 Å². The first kappa shape index (κ1) is 12.2. The minimum absolute atomic E-state index is 0.0196. The maximum Gasteiger partial charge on any atom is 0.269 e. The van der Waals surface area contributed by atoms with Crippen LogP contribution in [0.5, 0.6) is 0 Å². The number of nitrogens with zero attached hydrogens (tertiary/aromatic N) is 1. The van der Waals surface area contributed by atoms with Crippen LogP contribution in [0.3, 0.4) is 0 Å². The smallest absolute Gasteiger partial charge is 0.269 e. The van der Waals surface area contributed by atoms with Crippen LogP contribution in [0.1, 0.15) is 15.2 Å². The highest BCUT2D eigenvalue weighted by Gasteiger charge is 2.07. The first-order valence-electron chi connectivity index (χ1n) is 5.17. The van der Waals surface area contributed by atoms with Crippen LogP contribution in [-0.4, -0.2) is 10.7 Å². The highest BCUT2D eigenvalue weighted by Crippen LogP contribution is 2.14. The minimum atomic E-state index is -0.490. The van der Waals surface area contributed by atoms with E-state index in [2.05, 4.69) is 0 Å². The predicted molar refractivity (Wildman–Crippen MR) is 70.8 cm³/mol. The molecule has 1 aromatic heterocycles. The van der Waals surface area contributed by atoms with Crippen molar-refractivity contribution in [3.8, 4) is 0 Å². The van der Waals surface area contributed by atoms with Crippen LogP contribution in [0.25, 0.3) is 6.08 Å². The maximum absolute atomic E-state index is 11.8. The van der Waals surface area contributed by atoms with Crippen molar-refractivity contribution >= 4 is 28.9 Å². The number of nitro benzene ring substituents is 1. The number of carbonyl (C=O) groups excluding carboxylic acids is 1. The molecule has 4 nitrogen and oxygen atoms in total. The van der Waals surface area contributed by atoms with Crippen LogP contribution >= 0.6 is 11.3 Å². The number of benzene rings is 1. The van der Waals surface area contributed by atoms with Crippen LogP contribution in [-0.2, 0) is 0 Å². The normalized spacial score (nSPS) is 10.7. The lowest BCUT2D eigenvalue weighted by Gasteiger charge is -1.95. The van der Waals surface area contributed by atoms with Crippen LogP contribution in [0.4, 0.5) is 5.69 Å². The number of hydrogen-bond acceptors (Lipinski definition) is 4. The van der Waals surface area contributed by atoms with Crippen molar-refractivity contribution in [2.24, 2.45) is 0 Å². The van der Waals surface area contributed by atoms with E-state index in [1.165, 1.54) is 41.7 Å².